The van der Waals surface area contributed by atoms with Gasteiger partial charge in [0.1, 0.15) is 10.4 Å². The topological polar surface area (TPSA) is 102 Å². The molecule has 2 aromatic heterocycles. The van der Waals surface area contributed by atoms with Gasteiger partial charge in [0.25, 0.3) is 5.56 Å². The van der Waals surface area contributed by atoms with Gasteiger partial charge in [-0.2, -0.15) is 0 Å². The van der Waals surface area contributed by atoms with Crippen molar-refractivity contribution in [3.05, 3.63) is 58.9 Å². The molecular weight excluding hydrogens is 556 g/mol. The van der Waals surface area contributed by atoms with Crippen LogP contribution in [-0.2, 0) is 16.1 Å². The highest BCUT2D eigenvalue weighted by molar-refractivity contribution is 8.00. The van der Waals surface area contributed by atoms with Crippen molar-refractivity contribution in [3.8, 4) is 5.75 Å². The Morgan fingerprint density at radius 3 is 2.73 bits per heavy atom. The van der Waals surface area contributed by atoms with Gasteiger partial charge >= 0.3 is 0 Å². The Kier molecular flexibility index (Phi) is 9.61. The van der Waals surface area contributed by atoms with Gasteiger partial charge in [0, 0.05) is 40.8 Å². The maximum Gasteiger partial charge on any atom is 0.272 e. The molecule has 0 bridgehead atoms. The molecule has 1 saturated carbocycles. The van der Waals surface area contributed by atoms with Gasteiger partial charge in [-0.3, -0.25) is 19.0 Å². The fourth-order valence-electron chi connectivity index (χ4n) is 5.26. The molecule has 0 unspecified atom stereocenters. The van der Waals surface area contributed by atoms with E-state index in [0.29, 0.717) is 52.6 Å². The lowest BCUT2D eigenvalue weighted by Gasteiger charge is -2.22. The third-order valence-corrected chi connectivity index (χ3v) is 9.95. The number of methoxy groups -OCH3 is 1. The molecule has 4 aromatic rings. The molecule has 8 nitrogen and oxygen atoms in total. The van der Waals surface area contributed by atoms with Crippen LogP contribution >= 0.6 is 23.1 Å². The predicted octanol–water partition coefficient (Wildman–Crippen LogP) is 6.36. The summed E-state index contributed by atoms with van der Waals surface area (Å²) in [6.45, 7) is 2.30. The Morgan fingerprint density at radius 2 is 1.95 bits per heavy atom. The molecule has 216 valence electrons. The number of thioether (sulfide) groups is 1. The molecule has 0 aliphatic heterocycles. The molecule has 1 fully saturated rings. The Bertz CT molecular complexity index is 1590. The van der Waals surface area contributed by atoms with Gasteiger partial charge in [-0.25, -0.2) is 4.98 Å². The summed E-state index contributed by atoms with van der Waals surface area (Å²) in [6, 6.07) is 15.3. The van der Waals surface area contributed by atoms with E-state index in [1.165, 1.54) is 29.5 Å². The Balaban J connectivity index is 1.39. The molecule has 41 heavy (non-hydrogen) atoms. The number of fused-ring (bicyclic) bond motifs is 3. The number of hydrogen-bond donors (Lipinski definition) is 2. The zero-order valence-corrected chi connectivity index (χ0v) is 25.1. The molecule has 1 aliphatic rings. The number of anilines is 1. The summed E-state index contributed by atoms with van der Waals surface area (Å²) in [5.41, 5.74) is 1.17. The highest BCUT2D eigenvalue weighted by Gasteiger charge is 2.24. The van der Waals surface area contributed by atoms with Crippen LogP contribution in [0.4, 0.5) is 5.69 Å². The molecule has 1 aliphatic carbocycles. The lowest BCUT2D eigenvalue weighted by molar-refractivity contribution is -0.122. The molecular formula is C31H36N4O4S2. The van der Waals surface area contributed by atoms with Crippen LogP contribution in [0.5, 0.6) is 5.75 Å². The highest BCUT2D eigenvalue weighted by atomic mass is 32.2. The van der Waals surface area contributed by atoms with Crippen LogP contribution in [-0.4, -0.2) is 39.8 Å². The van der Waals surface area contributed by atoms with E-state index in [0.717, 1.165) is 35.8 Å². The molecule has 10 heteroatoms. The first-order valence-corrected chi connectivity index (χ1v) is 16.0. The van der Waals surface area contributed by atoms with Crippen molar-refractivity contribution in [1.82, 2.24) is 14.9 Å². The number of amides is 2. The molecule has 2 heterocycles. The number of carbonyl (C=O) groups is 2. The molecule has 1 atom stereocenters. The third kappa shape index (κ3) is 6.93. The summed E-state index contributed by atoms with van der Waals surface area (Å²) in [4.78, 5) is 44.8. The zero-order valence-electron chi connectivity index (χ0n) is 23.5. The minimum Gasteiger partial charge on any atom is -0.497 e. The van der Waals surface area contributed by atoms with Gasteiger partial charge in [-0.05, 0) is 43.9 Å². The summed E-state index contributed by atoms with van der Waals surface area (Å²) >= 11 is 2.73. The molecule has 2 N–H and O–H groups in total. The zero-order chi connectivity index (χ0) is 28.8. The third-order valence-electron chi connectivity index (χ3n) is 7.45. The van der Waals surface area contributed by atoms with Crippen LogP contribution in [0.2, 0.25) is 0 Å². The fourth-order valence-corrected chi connectivity index (χ4v) is 7.38. The number of rotatable bonds is 11. The van der Waals surface area contributed by atoms with E-state index in [4.69, 9.17) is 9.72 Å². The van der Waals surface area contributed by atoms with Crippen LogP contribution in [0.3, 0.4) is 0 Å². The Labute approximate surface area is 247 Å². The molecule has 0 radical (unpaired) electrons. The van der Waals surface area contributed by atoms with Crippen molar-refractivity contribution >= 4 is 60.9 Å². The molecule has 0 spiro atoms. The summed E-state index contributed by atoms with van der Waals surface area (Å²) < 4.78 is 8.52. The second-order valence-corrected chi connectivity index (χ2v) is 12.6. The van der Waals surface area contributed by atoms with Crippen LogP contribution in [0.15, 0.2) is 58.5 Å². The van der Waals surface area contributed by atoms with Crippen molar-refractivity contribution in [2.24, 2.45) is 0 Å². The van der Waals surface area contributed by atoms with E-state index in [2.05, 4.69) is 10.6 Å². The number of benzene rings is 2. The number of nitrogens with zero attached hydrogens (tertiary/aromatic N) is 2. The van der Waals surface area contributed by atoms with Crippen molar-refractivity contribution in [3.63, 3.8) is 0 Å². The summed E-state index contributed by atoms with van der Waals surface area (Å²) in [5.74, 6) is 0.508. The number of ether oxygens (including phenoxy) is 1. The summed E-state index contributed by atoms with van der Waals surface area (Å²) in [7, 11) is 1.58. The van der Waals surface area contributed by atoms with Gasteiger partial charge in [0.05, 0.1) is 17.9 Å². The maximum absolute atomic E-state index is 13.8. The summed E-state index contributed by atoms with van der Waals surface area (Å²) in [6.07, 6.45) is 7.02. The van der Waals surface area contributed by atoms with Gasteiger partial charge in [-0.1, -0.05) is 62.2 Å². The minimum atomic E-state index is -0.476. The van der Waals surface area contributed by atoms with Crippen LogP contribution < -0.4 is 20.9 Å². The largest absolute Gasteiger partial charge is 0.497 e. The fraction of sp³-hybridized carbons (Fsp3) is 0.419. The maximum atomic E-state index is 13.8. The van der Waals surface area contributed by atoms with E-state index in [1.807, 2.05) is 49.4 Å². The van der Waals surface area contributed by atoms with E-state index in [-0.39, 0.29) is 23.4 Å². The lowest BCUT2D eigenvalue weighted by atomic mass is 9.95. The van der Waals surface area contributed by atoms with E-state index >= 15 is 0 Å². The van der Waals surface area contributed by atoms with Crippen LogP contribution in [0.1, 0.15) is 58.3 Å². The first-order chi connectivity index (χ1) is 20.0. The molecule has 2 aromatic carbocycles. The van der Waals surface area contributed by atoms with E-state index < -0.39 is 5.25 Å². The van der Waals surface area contributed by atoms with E-state index in [1.54, 1.807) is 17.7 Å². The minimum absolute atomic E-state index is 0.0270. The Hall–Kier alpha value is -3.37. The number of nitrogens with one attached hydrogen (secondary N) is 2. The highest BCUT2D eigenvalue weighted by Crippen LogP contribution is 2.33. The molecule has 2 amide bonds. The average Bonchev–Trinajstić information content (AvgIpc) is 3.36. The second-order valence-electron chi connectivity index (χ2n) is 10.4. The lowest BCUT2D eigenvalue weighted by Crippen LogP contribution is -2.36. The quantitative estimate of drug-likeness (QED) is 0.155. The standard InChI is InChI=1S/C31H36N4O4S2/c1-3-24(29(37)33-21-13-9-14-22(19-21)39-2)41-31-34-27-23-15-7-8-16-25(23)40-28(27)30(38)35(31)18-10-17-26(36)32-20-11-5-4-6-12-20/h7-9,13-16,19-20,24H,3-6,10-12,17-18H2,1-2H3,(H,32,36)(H,33,37)/t24-/m0/s1. The average molecular weight is 593 g/mol. The van der Waals surface area contributed by atoms with Crippen molar-refractivity contribution in [2.75, 3.05) is 12.4 Å². The molecule has 0 saturated heterocycles. The predicted molar refractivity (Wildman–Crippen MR) is 167 cm³/mol. The monoisotopic (exact) mass is 592 g/mol. The number of thiophene rings is 1. The first-order valence-electron chi connectivity index (χ1n) is 14.3. The van der Waals surface area contributed by atoms with Crippen molar-refractivity contribution in [1.29, 1.82) is 0 Å². The van der Waals surface area contributed by atoms with Crippen molar-refractivity contribution in [2.45, 2.75) is 81.3 Å². The number of carbonyl (C=O) groups excluding carboxylic acids is 2. The van der Waals surface area contributed by atoms with Gasteiger partial charge in [-0.15, -0.1) is 11.3 Å². The summed E-state index contributed by atoms with van der Waals surface area (Å²) in [5, 5.41) is 7.08. The van der Waals surface area contributed by atoms with Crippen LogP contribution in [0.25, 0.3) is 20.3 Å². The first kappa shape index (κ1) is 29.1. The number of hydrogen-bond acceptors (Lipinski definition) is 7. The SMILES string of the molecule is CC[C@H](Sc1nc2c(sc3ccccc32)c(=O)n1CCCC(=O)NC1CCCCC1)C(=O)Nc1cccc(OC)c1. The Morgan fingerprint density at radius 1 is 1.15 bits per heavy atom. The smallest absolute Gasteiger partial charge is 0.272 e. The van der Waals surface area contributed by atoms with Gasteiger partial charge in [0.15, 0.2) is 5.16 Å². The van der Waals surface area contributed by atoms with Gasteiger partial charge in [0.2, 0.25) is 11.8 Å². The second kappa shape index (κ2) is 13.5. The van der Waals surface area contributed by atoms with E-state index in [9.17, 15) is 14.4 Å². The number of aromatic nitrogens is 2. The molecule has 5 rings (SSSR count). The van der Waals surface area contributed by atoms with Crippen molar-refractivity contribution < 1.29 is 14.3 Å². The van der Waals surface area contributed by atoms with Gasteiger partial charge < -0.3 is 15.4 Å². The van der Waals surface area contributed by atoms with Crippen LogP contribution in [0, 0.1) is 0 Å². The normalized spacial score (nSPS) is 14.7.